The molecule has 0 unspecified atom stereocenters. The van der Waals surface area contributed by atoms with Gasteiger partial charge >= 0.3 is 0 Å². The van der Waals surface area contributed by atoms with E-state index in [1.165, 1.54) is 25.7 Å². The minimum absolute atomic E-state index is 0.492. The first-order chi connectivity index (χ1) is 6.92. The van der Waals surface area contributed by atoms with Crippen LogP contribution in [-0.2, 0) is 4.74 Å². The van der Waals surface area contributed by atoms with Crippen molar-refractivity contribution in [2.45, 2.75) is 46.5 Å². The van der Waals surface area contributed by atoms with Gasteiger partial charge in [-0.25, -0.2) is 0 Å². The van der Waals surface area contributed by atoms with Gasteiger partial charge in [-0.05, 0) is 32.4 Å². The third-order valence-corrected chi connectivity index (χ3v) is 2.40. The maximum Gasteiger partial charge on any atom is 0.0593 e. The molecule has 0 radical (unpaired) electrons. The van der Waals surface area contributed by atoms with Crippen LogP contribution in [0.5, 0.6) is 0 Å². The molecule has 0 amide bonds. The first kappa shape index (κ1) is 14.9. The van der Waals surface area contributed by atoms with Gasteiger partial charge in [0, 0.05) is 13.2 Å². The SMILES string of the molecule is CN(C)CCOCCCCCC(C)(C)C. The van der Waals surface area contributed by atoms with Crippen LogP contribution in [0, 0.1) is 5.41 Å². The van der Waals surface area contributed by atoms with Crippen LogP contribution < -0.4 is 0 Å². The van der Waals surface area contributed by atoms with Gasteiger partial charge < -0.3 is 9.64 Å². The zero-order chi connectivity index (χ0) is 11.7. The van der Waals surface area contributed by atoms with E-state index >= 15 is 0 Å². The number of hydrogen-bond acceptors (Lipinski definition) is 2. The van der Waals surface area contributed by atoms with Crippen LogP contribution in [0.15, 0.2) is 0 Å². The molecule has 0 saturated heterocycles. The summed E-state index contributed by atoms with van der Waals surface area (Å²) in [5, 5.41) is 0. The second kappa shape index (κ2) is 8.12. The lowest BCUT2D eigenvalue weighted by molar-refractivity contribution is 0.113. The average molecular weight is 215 g/mol. The Labute approximate surface area is 96.0 Å². The summed E-state index contributed by atoms with van der Waals surface area (Å²) >= 11 is 0. The highest BCUT2D eigenvalue weighted by Crippen LogP contribution is 2.21. The third kappa shape index (κ3) is 13.9. The average Bonchev–Trinajstić information content (AvgIpc) is 2.07. The molecule has 92 valence electrons. The number of ether oxygens (including phenoxy) is 1. The van der Waals surface area contributed by atoms with Crippen LogP contribution in [0.25, 0.3) is 0 Å². The van der Waals surface area contributed by atoms with Gasteiger partial charge in [-0.1, -0.05) is 33.6 Å². The molecule has 0 saturated carbocycles. The molecule has 0 aliphatic heterocycles. The highest BCUT2D eigenvalue weighted by molar-refractivity contribution is 4.60. The molecule has 0 aromatic heterocycles. The number of hydrogen-bond donors (Lipinski definition) is 0. The molecule has 0 aromatic rings. The summed E-state index contributed by atoms with van der Waals surface area (Å²) in [6.07, 6.45) is 5.17. The summed E-state index contributed by atoms with van der Waals surface area (Å²) in [5.41, 5.74) is 0.492. The van der Waals surface area contributed by atoms with Crippen LogP contribution in [0.3, 0.4) is 0 Å². The molecule has 2 nitrogen and oxygen atoms in total. The fourth-order valence-corrected chi connectivity index (χ4v) is 1.39. The van der Waals surface area contributed by atoms with Gasteiger partial charge in [-0.15, -0.1) is 0 Å². The lowest BCUT2D eigenvalue weighted by Crippen LogP contribution is -2.18. The van der Waals surface area contributed by atoms with Gasteiger partial charge in [0.05, 0.1) is 6.61 Å². The molecule has 15 heavy (non-hydrogen) atoms. The van der Waals surface area contributed by atoms with Gasteiger partial charge in [0.25, 0.3) is 0 Å². The van der Waals surface area contributed by atoms with Gasteiger partial charge in [0.2, 0.25) is 0 Å². The smallest absolute Gasteiger partial charge is 0.0593 e. The topological polar surface area (TPSA) is 12.5 Å². The fraction of sp³-hybridized carbons (Fsp3) is 1.00. The molecule has 0 aromatic carbocycles. The first-order valence-corrected chi connectivity index (χ1v) is 6.14. The Morgan fingerprint density at radius 2 is 1.60 bits per heavy atom. The second-order valence-corrected chi connectivity index (χ2v) is 5.79. The van der Waals surface area contributed by atoms with Crippen LogP contribution in [0.4, 0.5) is 0 Å². The number of unbranched alkanes of at least 4 members (excludes halogenated alkanes) is 2. The molecular formula is C13H29NO. The number of likely N-dealkylation sites (N-methyl/N-ethyl adjacent to an activating group) is 1. The normalized spacial score (nSPS) is 12.4. The Hall–Kier alpha value is -0.0800. The van der Waals surface area contributed by atoms with Crippen LogP contribution >= 0.6 is 0 Å². The molecule has 0 rings (SSSR count). The van der Waals surface area contributed by atoms with Crippen molar-refractivity contribution in [1.29, 1.82) is 0 Å². The fourth-order valence-electron chi connectivity index (χ4n) is 1.39. The molecule has 0 fully saturated rings. The number of nitrogens with zero attached hydrogens (tertiary/aromatic N) is 1. The highest BCUT2D eigenvalue weighted by atomic mass is 16.5. The molecule has 0 atom stereocenters. The third-order valence-electron chi connectivity index (χ3n) is 2.40. The maximum absolute atomic E-state index is 5.53. The Kier molecular flexibility index (Phi) is 8.07. The largest absolute Gasteiger partial charge is 0.380 e. The van der Waals surface area contributed by atoms with E-state index in [1.54, 1.807) is 0 Å². The van der Waals surface area contributed by atoms with Crippen LogP contribution in [-0.4, -0.2) is 38.8 Å². The summed E-state index contributed by atoms with van der Waals surface area (Å²) in [7, 11) is 4.15. The zero-order valence-corrected chi connectivity index (χ0v) is 11.3. The molecule has 0 N–H and O–H groups in total. The van der Waals surface area contributed by atoms with Crippen molar-refractivity contribution in [2.75, 3.05) is 33.9 Å². The van der Waals surface area contributed by atoms with E-state index in [-0.39, 0.29) is 0 Å². The van der Waals surface area contributed by atoms with Gasteiger partial charge in [0.1, 0.15) is 0 Å². The monoisotopic (exact) mass is 215 g/mol. The van der Waals surface area contributed by atoms with E-state index in [0.29, 0.717) is 5.41 Å². The standard InChI is InChI=1S/C13H29NO/c1-13(2,3)9-7-6-8-11-15-12-10-14(4)5/h6-12H2,1-5H3. The van der Waals surface area contributed by atoms with E-state index < -0.39 is 0 Å². The van der Waals surface area contributed by atoms with Crippen LogP contribution in [0.2, 0.25) is 0 Å². The van der Waals surface area contributed by atoms with Crippen molar-refractivity contribution >= 4 is 0 Å². The first-order valence-electron chi connectivity index (χ1n) is 6.14. The van der Waals surface area contributed by atoms with Crippen molar-refractivity contribution < 1.29 is 4.74 Å². The Bertz CT molecular complexity index is 138. The van der Waals surface area contributed by atoms with Gasteiger partial charge in [-0.3, -0.25) is 0 Å². The lowest BCUT2D eigenvalue weighted by atomic mass is 9.89. The Morgan fingerprint density at radius 3 is 2.13 bits per heavy atom. The minimum atomic E-state index is 0.492. The van der Waals surface area contributed by atoms with Crippen molar-refractivity contribution in [3.8, 4) is 0 Å². The summed E-state index contributed by atoms with van der Waals surface area (Å²) in [6, 6.07) is 0. The molecule has 0 spiro atoms. The molecule has 0 bridgehead atoms. The van der Waals surface area contributed by atoms with E-state index in [0.717, 1.165) is 19.8 Å². The molecular weight excluding hydrogens is 186 g/mol. The van der Waals surface area contributed by atoms with Crippen molar-refractivity contribution in [1.82, 2.24) is 4.90 Å². The van der Waals surface area contributed by atoms with Gasteiger partial charge in [0.15, 0.2) is 0 Å². The lowest BCUT2D eigenvalue weighted by Gasteiger charge is -2.17. The quantitative estimate of drug-likeness (QED) is 0.577. The molecule has 0 heterocycles. The van der Waals surface area contributed by atoms with E-state index in [9.17, 15) is 0 Å². The summed E-state index contributed by atoms with van der Waals surface area (Å²) < 4.78 is 5.53. The number of rotatable bonds is 8. The Morgan fingerprint density at radius 1 is 0.933 bits per heavy atom. The van der Waals surface area contributed by atoms with Gasteiger partial charge in [-0.2, -0.15) is 0 Å². The predicted molar refractivity (Wildman–Crippen MR) is 67.3 cm³/mol. The minimum Gasteiger partial charge on any atom is -0.380 e. The predicted octanol–water partition coefficient (Wildman–Crippen LogP) is 3.17. The van der Waals surface area contributed by atoms with E-state index in [1.807, 2.05) is 0 Å². The van der Waals surface area contributed by atoms with Crippen LogP contribution in [0.1, 0.15) is 46.5 Å². The van der Waals surface area contributed by atoms with Crippen molar-refractivity contribution in [2.24, 2.45) is 5.41 Å². The zero-order valence-electron chi connectivity index (χ0n) is 11.3. The highest BCUT2D eigenvalue weighted by Gasteiger charge is 2.08. The Balaban J connectivity index is 3.06. The van der Waals surface area contributed by atoms with Crippen molar-refractivity contribution in [3.05, 3.63) is 0 Å². The summed E-state index contributed by atoms with van der Waals surface area (Å²) in [6.45, 7) is 9.74. The summed E-state index contributed by atoms with van der Waals surface area (Å²) in [4.78, 5) is 2.15. The van der Waals surface area contributed by atoms with Crippen molar-refractivity contribution in [3.63, 3.8) is 0 Å². The second-order valence-electron chi connectivity index (χ2n) is 5.79. The van der Waals surface area contributed by atoms with E-state index in [2.05, 4.69) is 39.8 Å². The summed E-state index contributed by atoms with van der Waals surface area (Å²) in [5.74, 6) is 0. The molecule has 2 heteroatoms. The molecule has 0 aliphatic carbocycles. The van der Waals surface area contributed by atoms with E-state index in [4.69, 9.17) is 4.74 Å². The maximum atomic E-state index is 5.53. The molecule has 0 aliphatic rings.